The second-order valence-corrected chi connectivity index (χ2v) is 7.79. The van der Waals surface area contributed by atoms with Crippen molar-refractivity contribution in [2.24, 2.45) is 0 Å². The Balaban J connectivity index is 0.00000192. The Morgan fingerprint density at radius 2 is 1.68 bits per heavy atom. The largest absolute Gasteiger partial charge is 0.353 e. The zero-order valence-corrected chi connectivity index (χ0v) is 17.2. The van der Waals surface area contributed by atoms with E-state index in [2.05, 4.69) is 50.4 Å². The molecule has 5 rings (SSSR count). The molecule has 0 saturated carbocycles. The highest BCUT2D eigenvalue weighted by Gasteiger charge is 2.20. The van der Waals surface area contributed by atoms with Crippen molar-refractivity contribution in [1.82, 2.24) is 24.3 Å². The third-order valence-corrected chi connectivity index (χ3v) is 6.11. The van der Waals surface area contributed by atoms with Gasteiger partial charge in [-0.3, -0.25) is 4.90 Å². The van der Waals surface area contributed by atoms with Gasteiger partial charge in [0.05, 0.1) is 10.2 Å². The first kappa shape index (κ1) is 19.1. The van der Waals surface area contributed by atoms with E-state index in [4.69, 9.17) is 4.37 Å². The van der Waals surface area contributed by atoms with Crippen LogP contribution in [0.15, 0.2) is 48.5 Å². The minimum absolute atomic E-state index is 0. The van der Waals surface area contributed by atoms with Gasteiger partial charge < -0.3 is 4.90 Å². The van der Waals surface area contributed by atoms with E-state index >= 15 is 0 Å². The summed E-state index contributed by atoms with van der Waals surface area (Å²) in [6.07, 6.45) is 1.09. The second-order valence-electron chi connectivity index (χ2n) is 6.99. The summed E-state index contributed by atoms with van der Waals surface area (Å²) in [4.78, 5) is 4.98. The van der Waals surface area contributed by atoms with Gasteiger partial charge in [0.1, 0.15) is 11.3 Å². The molecule has 8 heteroatoms. The van der Waals surface area contributed by atoms with Gasteiger partial charge in [-0.15, -0.1) is 17.5 Å². The van der Waals surface area contributed by atoms with Crippen LogP contribution in [-0.2, 0) is 6.54 Å². The molecule has 0 atom stereocenters. The van der Waals surface area contributed by atoms with Crippen molar-refractivity contribution in [1.29, 1.82) is 0 Å². The van der Waals surface area contributed by atoms with E-state index < -0.39 is 0 Å². The molecule has 4 aromatic rings. The van der Waals surface area contributed by atoms with E-state index in [1.165, 1.54) is 10.1 Å². The van der Waals surface area contributed by atoms with Gasteiger partial charge in [-0.1, -0.05) is 29.5 Å². The zero-order valence-electron chi connectivity index (χ0n) is 15.6. The van der Waals surface area contributed by atoms with Crippen molar-refractivity contribution in [2.75, 3.05) is 37.6 Å². The topological polar surface area (TPSA) is 50.1 Å². The fraction of sp³-hybridized carbons (Fsp3) is 0.350. The summed E-state index contributed by atoms with van der Waals surface area (Å²) in [7, 11) is 0. The maximum Gasteiger partial charge on any atom is 0.150 e. The van der Waals surface area contributed by atoms with Gasteiger partial charge in [0.15, 0.2) is 0 Å². The maximum absolute atomic E-state index is 4.70. The van der Waals surface area contributed by atoms with Gasteiger partial charge in [-0.2, -0.15) is 4.37 Å². The SMILES string of the molecule is Cl.c1ccc2c(c1)nnn2CCCN1CCN(c2nsc3ccccc23)CC1. The Bertz CT molecular complexity index is 1050. The molecule has 28 heavy (non-hydrogen) atoms. The summed E-state index contributed by atoms with van der Waals surface area (Å²) in [6, 6.07) is 16.7. The van der Waals surface area contributed by atoms with Crippen LogP contribution in [0.25, 0.3) is 21.1 Å². The molecule has 1 aliphatic rings. The Labute approximate surface area is 174 Å². The molecule has 1 fully saturated rings. The third kappa shape index (κ3) is 3.70. The lowest BCUT2D eigenvalue weighted by Crippen LogP contribution is -2.46. The van der Waals surface area contributed by atoms with Crippen molar-refractivity contribution >= 4 is 50.9 Å². The molecule has 2 aromatic carbocycles. The minimum Gasteiger partial charge on any atom is -0.353 e. The van der Waals surface area contributed by atoms with Crippen molar-refractivity contribution < 1.29 is 0 Å². The standard InChI is InChI=1S/C20H22N6S.ClH/c1-4-9-19-16(6-1)20(22-27-19)25-14-12-24(13-15-25)10-5-11-26-18-8-3-2-7-17(18)21-23-26;/h1-4,6-9H,5,10-15H2;1H. The molecule has 1 aliphatic heterocycles. The first-order valence-corrected chi connectivity index (χ1v) is 10.3. The zero-order chi connectivity index (χ0) is 18.1. The van der Waals surface area contributed by atoms with Crippen molar-refractivity contribution in [3.8, 4) is 0 Å². The van der Waals surface area contributed by atoms with Crippen LogP contribution >= 0.6 is 23.9 Å². The van der Waals surface area contributed by atoms with E-state index in [1.807, 2.05) is 22.9 Å². The summed E-state index contributed by atoms with van der Waals surface area (Å²) in [6.45, 7) is 6.27. The van der Waals surface area contributed by atoms with Gasteiger partial charge in [0.25, 0.3) is 0 Å². The Morgan fingerprint density at radius 1 is 0.893 bits per heavy atom. The summed E-state index contributed by atoms with van der Waals surface area (Å²) in [5.74, 6) is 1.16. The highest BCUT2D eigenvalue weighted by atomic mass is 35.5. The lowest BCUT2D eigenvalue weighted by atomic mass is 10.2. The number of aromatic nitrogens is 4. The Morgan fingerprint density at radius 3 is 2.57 bits per heavy atom. The average Bonchev–Trinajstić information content (AvgIpc) is 3.33. The summed E-state index contributed by atoms with van der Waals surface area (Å²) < 4.78 is 7.99. The quantitative estimate of drug-likeness (QED) is 0.498. The number of benzene rings is 2. The summed E-state index contributed by atoms with van der Waals surface area (Å²) in [5, 5.41) is 9.81. The van der Waals surface area contributed by atoms with Crippen LogP contribution in [0.1, 0.15) is 6.42 Å². The predicted molar refractivity (Wildman–Crippen MR) is 118 cm³/mol. The Hall–Kier alpha value is -2.22. The molecule has 0 bridgehead atoms. The number of halogens is 1. The van der Waals surface area contributed by atoms with Crippen LogP contribution in [0, 0.1) is 0 Å². The van der Waals surface area contributed by atoms with Crippen LogP contribution in [0.4, 0.5) is 5.82 Å². The Kier molecular flexibility index (Phi) is 5.75. The number of hydrogen-bond donors (Lipinski definition) is 0. The summed E-state index contributed by atoms with van der Waals surface area (Å²) in [5.41, 5.74) is 2.10. The van der Waals surface area contributed by atoms with E-state index in [0.29, 0.717) is 0 Å². The maximum atomic E-state index is 4.70. The molecular formula is C20H23ClN6S. The van der Waals surface area contributed by atoms with Crippen LogP contribution in [0.5, 0.6) is 0 Å². The lowest BCUT2D eigenvalue weighted by molar-refractivity contribution is 0.249. The lowest BCUT2D eigenvalue weighted by Gasteiger charge is -2.35. The number of nitrogens with zero attached hydrogens (tertiary/aromatic N) is 6. The molecule has 0 aliphatic carbocycles. The number of anilines is 1. The molecular weight excluding hydrogens is 392 g/mol. The predicted octanol–water partition coefficient (Wildman–Crippen LogP) is 3.68. The highest BCUT2D eigenvalue weighted by Crippen LogP contribution is 2.29. The molecule has 0 spiro atoms. The number of fused-ring (bicyclic) bond motifs is 2. The summed E-state index contributed by atoms with van der Waals surface area (Å²) >= 11 is 1.60. The third-order valence-electron chi connectivity index (χ3n) is 5.29. The fourth-order valence-corrected chi connectivity index (χ4v) is 4.61. The number of para-hydroxylation sites is 1. The number of hydrogen-bond acceptors (Lipinski definition) is 6. The van der Waals surface area contributed by atoms with E-state index in [-0.39, 0.29) is 12.4 Å². The van der Waals surface area contributed by atoms with Crippen molar-refractivity contribution in [3.05, 3.63) is 48.5 Å². The molecule has 0 amide bonds. The molecule has 3 heterocycles. The van der Waals surface area contributed by atoms with E-state index in [0.717, 1.165) is 62.5 Å². The highest BCUT2D eigenvalue weighted by molar-refractivity contribution is 7.13. The van der Waals surface area contributed by atoms with Gasteiger partial charge in [0, 0.05) is 44.7 Å². The van der Waals surface area contributed by atoms with E-state index in [1.54, 1.807) is 11.5 Å². The monoisotopic (exact) mass is 414 g/mol. The van der Waals surface area contributed by atoms with E-state index in [9.17, 15) is 0 Å². The van der Waals surface area contributed by atoms with Crippen molar-refractivity contribution in [3.63, 3.8) is 0 Å². The van der Waals surface area contributed by atoms with Gasteiger partial charge >= 0.3 is 0 Å². The molecule has 1 saturated heterocycles. The average molecular weight is 415 g/mol. The smallest absolute Gasteiger partial charge is 0.150 e. The minimum atomic E-state index is 0. The van der Waals surface area contributed by atoms with Crippen LogP contribution < -0.4 is 4.90 Å². The number of piperazine rings is 1. The van der Waals surface area contributed by atoms with Gasteiger partial charge in [-0.25, -0.2) is 4.68 Å². The van der Waals surface area contributed by atoms with Crippen LogP contribution in [-0.4, -0.2) is 57.0 Å². The van der Waals surface area contributed by atoms with Gasteiger partial charge in [0.2, 0.25) is 0 Å². The molecule has 0 unspecified atom stereocenters. The number of rotatable bonds is 5. The molecule has 2 aromatic heterocycles. The molecule has 6 nitrogen and oxygen atoms in total. The first-order valence-electron chi connectivity index (χ1n) is 9.48. The van der Waals surface area contributed by atoms with Gasteiger partial charge in [-0.05, 0) is 42.2 Å². The number of aryl methyl sites for hydroxylation is 1. The molecule has 0 N–H and O–H groups in total. The van der Waals surface area contributed by atoms with Crippen LogP contribution in [0.2, 0.25) is 0 Å². The van der Waals surface area contributed by atoms with Crippen LogP contribution in [0.3, 0.4) is 0 Å². The first-order chi connectivity index (χ1) is 13.4. The van der Waals surface area contributed by atoms with Crippen molar-refractivity contribution in [2.45, 2.75) is 13.0 Å². The second kappa shape index (κ2) is 8.43. The molecule has 0 radical (unpaired) electrons. The fourth-order valence-electron chi connectivity index (χ4n) is 3.81. The normalized spacial score (nSPS) is 15.2. The molecule has 146 valence electrons.